The molecule has 1 N–H and O–H groups in total. The fourth-order valence-electron chi connectivity index (χ4n) is 2.80. The van der Waals surface area contributed by atoms with Gasteiger partial charge in [-0.25, -0.2) is 0 Å². The molecular formula is C15H23ClN2. The monoisotopic (exact) mass is 266 g/mol. The van der Waals surface area contributed by atoms with Crippen LogP contribution < -0.4 is 10.2 Å². The van der Waals surface area contributed by atoms with Crippen LogP contribution in [0.15, 0.2) is 12.1 Å². The second-order valence-electron chi connectivity index (χ2n) is 5.73. The Labute approximate surface area is 115 Å². The van der Waals surface area contributed by atoms with Crippen LogP contribution in [0.4, 0.5) is 5.69 Å². The van der Waals surface area contributed by atoms with Gasteiger partial charge >= 0.3 is 0 Å². The van der Waals surface area contributed by atoms with Crippen LogP contribution in [-0.4, -0.2) is 25.7 Å². The van der Waals surface area contributed by atoms with Gasteiger partial charge in [-0.3, -0.25) is 0 Å². The molecule has 3 heteroatoms. The first-order valence-corrected chi connectivity index (χ1v) is 7.10. The first-order valence-electron chi connectivity index (χ1n) is 6.72. The summed E-state index contributed by atoms with van der Waals surface area (Å²) in [5.41, 5.74) is 3.72. The largest absolute Gasteiger partial charge is 0.368 e. The summed E-state index contributed by atoms with van der Waals surface area (Å²) in [6.45, 7) is 12.0. The third-order valence-electron chi connectivity index (χ3n) is 3.56. The summed E-state index contributed by atoms with van der Waals surface area (Å²) in [5.74, 6) is 0.645. The quantitative estimate of drug-likeness (QED) is 0.838. The molecule has 0 amide bonds. The Balaban J connectivity index is 2.34. The maximum Gasteiger partial charge on any atom is 0.0644 e. The molecule has 0 spiro atoms. The summed E-state index contributed by atoms with van der Waals surface area (Å²) in [6, 6.07) is 4.79. The first kappa shape index (κ1) is 13.7. The fraction of sp³-hybridized carbons (Fsp3) is 0.600. The first-order chi connectivity index (χ1) is 8.47. The molecule has 2 unspecified atom stereocenters. The van der Waals surface area contributed by atoms with Crippen molar-refractivity contribution in [1.29, 1.82) is 0 Å². The van der Waals surface area contributed by atoms with Gasteiger partial charge in [-0.15, -0.1) is 0 Å². The molecule has 18 heavy (non-hydrogen) atoms. The van der Waals surface area contributed by atoms with E-state index in [1.54, 1.807) is 0 Å². The Morgan fingerprint density at radius 3 is 2.61 bits per heavy atom. The highest BCUT2D eigenvalue weighted by atomic mass is 35.5. The molecule has 0 bridgehead atoms. The van der Waals surface area contributed by atoms with Crippen LogP contribution in [0.1, 0.15) is 25.0 Å². The smallest absolute Gasteiger partial charge is 0.0644 e. The minimum atomic E-state index is 0.506. The molecule has 1 aliphatic heterocycles. The second kappa shape index (κ2) is 5.50. The zero-order valence-corrected chi connectivity index (χ0v) is 12.5. The SMILES string of the molecule is Cc1cc(C)c(N2CC(C)CNC(C)C2)c(Cl)c1. The number of aryl methyl sites for hydroxylation is 2. The standard InChI is InChI=1S/C15H23ClN2/c1-10-5-12(3)15(14(16)6-10)18-8-11(2)7-17-13(4)9-18/h5-6,11,13,17H,7-9H2,1-4H3. The lowest BCUT2D eigenvalue weighted by Crippen LogP contribution is -2.35. The van der Waals surface area contributed by atoms with Crippen LogP contribution in [-0.2, 0) is 0 Å². The van der Waals surface area contributed by atoms with Gasteiger partial charge in [-0.2, -0.15) is 0 Å². The topological polar surface area (TPSA) is 15.3 Å². The molecule has 100 valence electrons. The van der Waals surface area contributed by atoms with Gasteiger partial charge in [-0.05, 0) is 50.4 Å². The second-order valence-corrected chi connectivity index (χ2v) is 6.14. The molecule has 2 atom stereocenters. The van der Waals surface area contributed by atoms with Crippen LogP contribution >= 0.6 is 11.6 Å². The van der Waals surface area contributed by atoms with Gasteiger partial charge in [0.25, 0.3) is 0 Å². The van der Waals surface area contributed by atoms with Crippen molar-refractivity contribution in [3.63, 3.8) is 0 Å². The average molecular weight is 267 g/mol. The van der Waals surface area contributed by atoms with E-state index in [1.807, 2.05) is 0 Å². The summed E-state index contributed by atoms with van der Waals surface area (Å²) in [6.07, 6.45) is 0. The van der Waals surface area contributed by atoms with E-state index in [-0.39, 0.29) is 0 Å². The molecule has 2 nitrogen and oxygen atoms in total. The summed E-state index contributed by atoms with van der Waals surface area (Å²) >= 11 is 6.45. The number of benzene rings is 1. The van der Waals surface area contributed by atoms with Crippen molar-refractivity contribution in [2.45, 2.75) is 33.7 Å². The number of halogens is 1. The van der Waals surface area contributed by atoms with Gasteiger partial charge in [0.1, 0.15) is 0 Å². The van der Waals surface area contributed by atoms with Gasteiger partial charge in [0.15, 0.2) is 0 Å². The number of hydrogen-bond donors (Lipinski definition) is 1. The van der Waals surface area contributed by atoms with Crippen molar-refractivity contribution in [2.75, 3.05) is 24.5 Å². The predicted molar refractivity (Wildman–Crippen MR) is 79.8 cm³/mol. The van der Waals surface area contributed by atoms with Crippen LogP contribution in [0, 0.1) is 19.8 Å². The van der Waals surface area contributed by atoms with Crippen LogP contribution in [0.3, 0.4) is 0 Å². The molecule has 0 aliphatic carbocycles. The fourth-order valence-corrected chi connectivity index (χ4v) is 3.24. The molecule has 1 saturated heterocycles. The zero-order chi connectivity index (χ0) is 13.3. The van der Waals surface area contributed by atoms with E-state index in [9.17, 15) is 0 Å². The maximum atomic E-state index is 6.45. The normalized spacial score (nSPS) is 25.1. The van der Waals surface area contributed by atoms with E-state index >= 15 is 0 Å². The van der Waals surface area contributed by atoms with Crippen molar-refractivity contribution >= 4 is 17.3 Å². The molecule has 1 heterocycles. The lowest BCUT2D eigenvalue weighted by molar-refractivity contribution is 0.525. The van der Waals surface area contributed by atoms with E-state index in [0.717, 1.165) is 24.7 Å². The van der Waals surface area contributed by atoms with E-state index in [2.05, 4.69) is 50.0 Å². The number of nitrogens with one attached hydrogen (secondary N) is 1. The molecular weight excluding hydrogens is 244 g/mol. The molecule has 1 aromatic rings. The minimum Gasteiger partial charge on any atom is -0.368 e. The summed E-state index contributed by atoms with van der Waals surface area (Å²) < 4.78 is 0. The maximum absolute atomic E-state index is 6.45. The van der Waals surface area contributed by atoms with Crippen LogP contribution in [0.5, 0.6) is 0 Å². The van der Waals surface area contributed by atoms with Crippen molar-refractivity contribution in [3.05, 3.63) is 28.3 Å². The molecule has 0 saturated carbocycles. The van der Waals surface area contributed by atoms with Crippen LogP contribution in [0.2, 0.25) is 5.02 Å². The zero-order valence-electron chi connectivity index (χ0n) is 11.8. The van der Waals surface area contributed by atoms with E-state index in [0.29, 0.717) is 12.0 Å². The van der Waals surface area contributed by atoms with E-state index in [1.165, 1.54) is 16.8 Å². The van der Waals surface area contributed by atoms with Crippen LogP contribution in [0.25, 0.3) is 0 Å². The van der Waals surface area contributed by atoms with Gasteiger partial charge < -0.3 is 10.2 Å². The number of nitrogens with zero attached hydrogens (tertiary/aromatic N) is 1. The Bertz CT molecular complexity index is 395. The number of rotatable bonds is 1. The lowest BCUT2D eigenvalue weighted by Gasteiger charge is -2.29. The van der Waals surface area contributed by atoms with Gasteiger partial charge in [0, 0.05) is 19.1 Å². The third kappa shape index (κ3) is 2.99. The van der Waals surface area contributed by atoms with Crippen molar-refractivity contribution in [1.82, 2.24) is 5.32 Å². The highest BCUT2D eigenvalue weighted by Gasteiger charge is 2.21. The Morgan fingerprint density at radius 1 is 1.22 bits per heavy atom. The number of hydrogen-bond acceptors (Lipinski definition) is 2. The Kier molecular flexibility index (Phi) is 4.18. The van der Waals surface area contributed by atoms with E-state index < -0.39 is 0 Å². The van der Waals surface area contributed by atoms with Gasteiger partial charge in [-0.1, -0.05) is 24.6 Å². The average Bonchev–Trinajstić information content (AvgIpc) is 2.39. The predicted octanol–water partition coefficient (Wildman–Crippen LogP) is 3.39. The molecule has 1 aliphatic rings. The Hall–Kier alpha value is -0.730. The van der Waals surface area contributed by atoms with Crippen molar-refractivity contribution in [3.8, 4) is 0 Å². The molecule has 1 fully saturated rings. The van der Waals surface area contributed by atoms with E-state index in [4.69, 9.17) is 11.6 Å². The highest BCUT2D eigenvalue weighted by Crippen LogP contribution is 2.32. The summed E-state index contributed by atoms with van der Waals surface area (Å²) in [7, 11) is 0. The molecule has 0 aromatic heterocycles. The van der Waals surface area contributed by atoms with Gasteiger partial charge in [0.05, 0.1) is 10.7 Å². The van der Waals surface area contributed by atoms with Crippen molar-refractivity contribution < 1.29 is 0 Å². The van der Waals surface area contributed by atoms with Gasteiger partial charge in [0.2, 0.25) is 0 Å². The summed E-state index contributed by atoms with van der Waals surface area (Å²) in [5, 5.41) is 4.44. The minimum absolute atomic E-state index is 0.506. The van der Waals surface area contributed by atoms with Crippen molar-refractivity contribution in [2.24, 2.45) is 5.92 Å². The molecule has 0 radical (unpaired) electrons. The number of anilines is 1. The Morgan fingerprint density at radius 2 is 1.94 bits per heavy atom. The molecule has 1 aromatic carbocycles. The summed E-state index contributed by atoms with van der Waals surface area (Å²) in [4.78, 5) is 2.44. The highest BCUT2D eigenvalue weighted by molar-refractivity contribution is 6.33. The lowest BCUT2D eigenvalue weighted by atomic mass is 10.1. The third-order valence-corrected chi connectivity index (χ3v) is 3.84. The molecule has 2 rings (SSSR count).